The summed E-state index contributed by atoms with van der Waals surface area (Å²) in [6, 6.07) is 35.9. The summed E-state index contributed by atoms with van der Waals surface area (Å²) < 4.78 is 0. The van der Waals surface area contributed by atoms with E-state index in [1.807, 2.05) is 60.7 Å². The second-order valence-corrected chi connectivity index (χ2v) is 16.0. The first-order valence-electron chi connectivity index (χ1n) is 21.0. The van der Waals surface area contributed by atoms with Gasteiger partial charge in [-0.15, -0.1) is 0 Å². The van der Waals surface area contributed by atoms with Crippen LogP contribution in [0.15, 0.2) is 121 Å². The molecule has 5 atom stereocenters. The SMILES string of the molecule is NC(=O)CCNC[C@H](Cc1ccc(O)cc1)NC[C@H](Cc1ccc(O)cc1)NC[C@H](Cc1ccc(O)cc1)NC[C@H](Cc1ccc(O)cc1)NC[C@H](N)Cc1ccc(O)cc1. The van der Waals surface area contributed by atoms with Gasteiger partial charge in [-0.25, -0.2) is 0 Å². The monoisotopic (exact) mass is 833 g/mol. The van der Waals surface area contributed by atoms with E-state index in [4.69, 9.17) is 11.5 Å². The Balaban J connectivity index is 1.30. The van der Waals surface area contributed by atoms with Crippen LogP contribution in [0.3, 0.4) is 0 Å². The highest BCUT2D eigenvalue weighted by atomic mass is 16.3. The minimum absolute atomic E-state index is 0.000371. The van der Waals surface area contributed by atoms with Crippen LogP contribution in [-0.2, 0) is 36.9 Å². The van der Waals surface area contributed by atoms with E-state index in [9.17, 15) is 30.3 Å². The Morgan fingerprint density at radius 2 is 0.672 bits per heavy atom. The molecule has 0 saturated carbocycles. The van der Waals surface area contributed by atoms with E-state index in [1.54, 1.807) is 60.7 Å². The number of rotatable bonds is 27. The summed E-state index contributed by atoms with van der Waals surface area (Å²) in [4.78, 5) is 11.4. The molecule has 0 saturated heterocycles. The van der Waals surface area contributed by atoms with Crippen molar-refractivity contribution in [2.45, 2.75) is 68.7 Å². The van der Waals surface area contributed by atoms with Gasteiger partial charge >= 0.3 is 0 Å². The number of carbonyl (C=O) groups excluding carboxylic acids is 1. The van der Waals surface area contributed by atoms with Gasteiger partial charge in [0.15, 0.2) is 0 Å². The zero-order chi connectivity index (χ0) is 43.4. The van der Waals surface area contributed by atoms with Crippen LogP contribution in [0.1, 0.15) is 34.2 Å². The van der Waals surface area contributed by atoms with Crippen molar-refractivity contribution >= 4 is 5.91 Å². The van der Waals surface area contributed by atoms with Crippen LogP contribution in [0.25, 0.3) is 0 Å². The van der Waals surface area contributed by atoms with Crippen LogP contribution in [0.4, 0.5) is 0 Å². The van der Waals surface area contributed by atoms with Crippen LogP contribution in [0, 0.1) is 0 Å². The number of amides is 1. The number of hydrogen-bond donors (Lipinski definition) is 12. The number of nitrogens with one attached hydrogen (secondary N) is 5. The Bertz CT molecular complexity index is 2000. The summed E-state index contributed by atoms with van der Waals surface area (Å²) in [6.07, 6.45) is 3.65. The van der Waals surface area contributed by atoms with Gasteiger partial charge < -0.3 is 63.6 Å². The van der Waals surface area contributed by atoms with E-state index in [-0.39, 0.29) is 71.3 Å². The molecule has 0 aromatic heterocycles. The first-order chi connectivity index (χ1) is 29.4. The Labute approximate surface area is 359 Å². The molecule has 0 radical (unpaired) electrons. The first kappa shape index (κ1) is 46.4. The summed E-state index contributed by atoms with van der Waals surface area (Å²) in [7, 11) is 0. The van der Waals surface area contributed by atoms with Crippen LogP contribution in [0.5, 0.6) is 28.7 Å². The highest BCUT2D eigenvalue weighted by Gasteiger charge is 2.20. The molecule has 0 aliphatic rings. The van der Waals surface area contributed by atoms with Crippen molar-refractivity contribution in [1.29, 1.82) is 0 Å². The minimum Gasteiger partial charge on any atom is -0.508 e. The minimum atomic E-state index is -0.360. The second kappa shape index (κ2) is 24.6. The number of hydrogen-bond acceptors (Lipinski definition) is 12. The molecule has 5 rings (SSSR count). The van der Waals surface area contributed by atoms with Crippen molar-refractivity contribution in [3.63, 3.8) is 0 Å². The van der Waals surface area contributed by atoms with E-state index in [0.717, 1.165) is 27.8 Å². The standard InChI is InChI=1S/C48H63N7O6/c49-38(23-33-1-11-43(56)12-2-33)28-52-40(25-35-5-15-45(58)16-6-35)30-54-42(27-37-9-19-47(60)20-10-37)32-55-41(26-36-7-17-46(59)18-8-36)31-53-39(29-51-22-21-48(50)61)24-34-3-13-44(57)14-4-34/h1-20,38-42,51-60H,21-32,49H2,(H2,50,61)/t38-,39+,40+,41+,42+/m1/s1. The number of nitrogens with two attached hydrogens (primary N) is 2. The molecule has 0 aliphatic carbocycles. The topological polar surface area (TPSA) is 230 Å². The summed E-state index contributed by atoms with van der Waals surface area (Å²) >= 11 is 0. The van der Waals surface area contributed by atoms with Crippen molar-refractivity contribution in [3.8, 4) is 28.7 Å². The third-order valence-corrected chi connectivity index (χ3v) is 10.7. The van der Waals surface area contributed by atoms with Crippen molar-refractivity contribution < 1.29 is 30.3 Å². The van der Waals surface area contributed by atoms with Crippen molar-refractivity contribution in [1.82, 2.24) is 26.6 Å². The maximum atomic E-state index is 11.4. The predicted octanol–water partition coefficient (Wildman–Crippen LogP) is 3.35. The Kier molecular flexibility index (Phi) is 18.7. The van der Waals surface area contributed by atoms with Crippen molar-refractivity contribution in [3.05, 3.63) is 149 Å². The number of phenolic OH excluding ortho intramolecular Hbond substituents is 5. The molecule has 0 heterocycles. The predicted molar refractivity (Wildman–Crippen MR) is 241 cm³/mol. The van der Waals surface area contributed by atoms with E-state index in [0.29, 0.717) is 71.4 Å². The maximum Gasteiger partial charge on any atom is 0.218 e. The Hall–Kier alpha value is -5.67. The van der Waals surface area contributed by atoms with Crippen molar-refractivity contribution in [2.75, 3.05) is 39.3 Å². The zero-order valence-corrected chi connectivity index (χ0v) is 34.7. The number of carbonyl (C=O) groups is 1. The smallest absolute Gasteiger partial charge is 0.218 e. The maximum absolute atomic E-state index is 11.4. The molecule has 13 heteroatoms. The Morgan fingerprint density at radius 1 is 0.410 bits per heavy atom. The quantitative estimate of drug-likeness (QED) is 0.0342. The zero-order valence-electron chi connectivity index (χ0n) is 34.7. The third-order valence-electron chi connectivity index (χ3n) is 10.7. The molecule has 0 unspecified atom stereocenters. The lowest BCUT2D eigenvalue weighted by Gasteiger charge is -2.29. The van der Waals surface area contributed by atoms with Gasteiger partial charge in [-0.3, -0.25) is 4.79 Å². The van der Waals surface area contributed by atoms with Gasteiger partial charge in [-0.1, -0.05) is 60.7 Å². The highest BCUT2D eigenvalue weighted by molar-refractivity contribution is 5.73. The lowest BCUT2D eigenvalue weighted by atomic mass is 10.0. The molecular formula is C48H63N7O6. The molecule has 14 N–H and O–H groups in total. The lowest BCUT2D eigenvalue weighted by Crippen LogP contribution is -2.53. The summed E-state index contributed by atoms with van der Waals surface area (Å²) in [6.45, 7) is 3.46. The van der Waals surface area contributed by atoms with E-state index in [1.165, 1.54) is 0 Å². The van der Waals surface area contributed by atoms with Gasteiger partial charge in [-0.2, -0.15) is 0 Å². The average molecular weight is 834 g/mol. The fourth-order valence-corrected chi connectivity index (χ4v) is 7.27. The molecule has 0 bridgehead atoms. The van der Waals surface area contributed by atoms with Gasteiger partial charge in [0.05, 0.1) is 0 Å². The first-order valence-corrected chi connectivity index (χ1v) is 21.0. The number of aromatic hydroxyl groups is 5. The second-order valence-electron chi connectivity index (χ2n) is 16.0. The molecule has 5 aromatic carbocycles. The van der Waals surface area contributed by atoms with Gasteiger partial charge in [0.1, 0.15) is 28.7 Å². The van der Waals surface area contributed by atoms with Crippen LogP contribution >= 0.6 is 0 Å². The van der Waals surface area contributed by atoms with Gasteiger partial charge in [-0.05, 0) is 121 Å². The summed E-state index contributed by atoms with van der Waals surface area (Å²) in [5.41, 5.74) is 17.3. The lowest BCUT2D eigenvalue weighted by molar-refractivity contribution is -0.117. The Morgan fingerprint density at radius 3 is 0.967 bits per heavy atom. The van der Waals surface area contributed by atoms with Crippen LogP contribution in [-0.4, -0.2) is 101 Å². The van der Waals surface area contributed by atoms with Crippen molar-refractivity contribution in [2.24, 2.45) is 11.5 Å². The van der Waals surface area contributed by atoms with Crippen LogP contribution in [0.2, 0.25) is 0 Å². The molecule has 1 amide bonds. The van der Waals surface area contributed by atoms with Gasteiger partial charge in [0.2, 0.25) is 5.91 Å². The fraction of sp³-hybridized carbons (Fsp3) is 0.354. The molecular weight excluding hydrogens is 771 g/mol. The van der Waals surface area contributed by atoms with E-state index in [2.05, 4.69) is 26.6 Å². The molecule has 0 fully saturated rings. The number of phenols is 5. The van der Waals surface area contributed by atoms with Gasteiger partial charge in [0.25, 0.3) is 0 Å². The van der Waals surface area contributed by atoms with Crippen LogP contribution < -0.4 is 38.1 Å². The average Bonchev–Trinajstić information content (AvgIpc) is 3.24. The van der Waals surface area contributed by atoms with Gasteiger partial charge in [0, 0.05) is 75.9 Å². The molecule has 61 heavy (non-hydrogen) atoms. The highest BCUT2D eigenvalue weighted by Crippen LogP contribution is 2.16. The molecule has 326 valence electrons. The molecule has 0 aliphatic heterocycles. The normalized spacial score (nSPS) is 13.9. The molecule has 0 spiro atoms. The van der Waals surface area contributed by atoms with E-state index < -0.39 is 0 Å². The fourth-order valence-electron chi connectivity index (χ4n) is 7.27. The third kappa shape index (κ3) is 17.8. The van der Waals surface area contributed by atoms with E-state index >= 15 is 0 Å². The molecule has 5 aromatic rings. The number of primary amides is 1. The summed E-state index contributed by atoms with van der Waals surface area (Å²) in [5.74, 6) is 0.691. The largest absolute Gasteiger partial charge is 0.508 e. The molecule has 13 nitrogen and oxygen atoms in total. The summed E-state index contributed by atoms with van der Waals surface area (Å²) in [5, 5.41) is 68.1. The number of benzene rings is 5.